The van der Waals surface area contributed by atoms with E-state index < -0.39 is 41.6 Å². The van der Waals surface area contributed by atoms with Crippen molar-refractivity contribution in [2.24, 2.45) is 0 Å². The average Bonchev–Trinajstić information content (AvgIpc) is 1.64. The van der Waals surface area contributed by atoms with Crippen LogP contribution in [0.15, 0.2) is 0 Å². The Kier molecular flexibility index (Phi) is 13.8. The molecule has 10 nitrogen and oxygen atoms in total. The molecule has 0 saturated carbocycles. The van der Waals surface area contributed by atoms with Gasteiger partial charge in [0.05, 0.1) is 0 Å². The molecule has 2 N–H and O–H groups in total. The van der Waals surface area contributed by atoms with Crippen LogP contribution in [0.5, 0.6) is 0 Å². The molecule has 0 fully saturated rings. The van der Waals surface area contributed by atoms with Gasteiger partial charge >= 0.3 is 79.4 Å². The zero-order chi connectivity index (χ0) is 15.4. The SMILES string of the molecule is O=S(=O)(F)NS(=O)(=O)F.O=S(=O)(F)NS(=O)(=O)F.[H-].[Li+].[Li+]. The zero-order valence-electron chi connectivity index (χ0n) is 10.4. The van der Waals surface area contributed by atoms with Crippen molar-refractivity contribution in [1.82, 2.24) is 8.25 Å². The first-order valence-corrected chi connectivity index (χ1v) is 8.30. The van der Waals surface area contributed by atoms with E-state index in [1.54, 1.807) is 0 Å². The number of hydrogen-bond acceptors (Lipinski definition) is 8. The third-order valence-electron chi connectivity index (χ3n) is 0.398. The smallest absolute Gasteiger partial charge is 1.00 e. The summed E-state index contributed by atoms with van der Waals surface area (Å²) in [5.74, 6) is 0. The molecule has 0 aliphatic carbocycles. The maximum atomic E-state index is 11.1. The summed E-state index contributed by atoms with van der Waals surface area (Å²) < 4.78 is 119. The van der Waals surface area contributed by atoms with Crippen molar-refractivity contribution < 1.29 is 88.4 Å². The van der Waals surface area contributed by atoms with E-state index in [0.29, 0.717) is 0 Å². The third kappa shape index (κ3) is 36.3. The van der Waals surface area contributed by atoms with Crippen molar-refractivity contribution in [1.29, 1.82) is 0 Å². The summed E-state index contributed by atoms with van der Waals surface area (Å²) in [6.07, 6.45) is 0. The van der Waals surface area contributed by atoms with Crippen LogP contribution in [-0.2, 0) is 41.6 Å². The third-order valence-corrected chi connectivity index (χ3v) is 3.58. The monoisotopic (exact) mass is 377 g/mol. The van der Waals surface area contributed by atoms with Crippen molar-refractivity contribution in [2.75, 3.05) is 0 Å². The molecule has 0 saturated heterocycles. The van der Waals surface area contributed by atoms with Crippen LogP contribution in [0.3, 0.4) is 0 Å². The van der Waals surface area contributed by atoms with Gasteiger partial charge in [-0.2, -0.15) is 33.7 Å². The molecular formula is H3F4Li2N2O8S4+. The predicted molar refractivity (Wildman–Crippen MR) is 47.5 cm³/mol. The van der Waals surface area contributed by atoms with Gasteiger partial charge in [-0.05, 0) is 0 Å². The molecule has 20 heteroatoms. The summed E-state index contributed by atoms with van der Waals surface area (Å²) in [5, 5.41) is 0. The first-order chi connectivity index (χ1) is 7.41. The van der Waals surface area contributed by atoms with E-state index in [1.165, 1.54) is 0 Å². The van der Waals surface area contributed by atoms with Gasteiger partial charge in [-0.3, -0.25) is 0 Å². The van der Waals surface area contributed by atoms with E-state index in [2.05, 4.69) is 0 Å². The fourth-order valence-electron chi connectivity index (χ4n) is 0.238. The Morgan fingerprint density at radius 1 is 0.500 bits per heavy atom. The Balaban J connectivity index is -0.0000000711. The van der Waals surface area contributed by atoms with E-state index in [9.17, 15) is 49.2 Å². The Morgan fingerprint density at radius 3 is 0.600 bits per heavy atom. The van der Waals surface area contributed by atoms with Crippen LogP contribution in [0.25, 0.3) is 0 Å². The largest absolute Gasteiger partial charge is 1.00 e. The molecule has 20 heavy (non-hydrogen) atoms. The summed E-state index contributed by atoms with van der Waals surface area (Å²) in [5.41, 5.74) is 0. The quantitative estimate of drug-likeness (QED) is 0.277. The van der Waals surface area contributed by atoms with Gasteiger partial charge in [0.25, 0.3) is 0 Å². The minimum absolute atomic E-state index is 0. The van der Waals surface area contributed by atoms with E-state index in [1.807, 2.05) is 0 Å². The van der Waals surface area contributed by atoms with Crippen molar-refractivity contribution in [3.05, 3.63) is 0 Å². The van der Waals surface area contributed by atoms with Gasteiger partial charge in [-0.25, -0.2) is 0 Å². The molecule has 0 radical (unpaired) electrons. The summed E-state index contributed by atoms with van der Waals surface area (Å²) in [6.45, 7) is 0. The molecule has 0 rings (SSSR count). The number of halogens is 4. The second-order valence-corrected chi connectivity index (χ2v) is 6.75. The second kappa shape index (κ2) is 9.61. The molecule has 114 valence electrons. The van der Waals surface area contributed by atoms with Gasteiger partial charge in [0, 0.05) is 0 Å². The normalized spacial score (nSPS) is 12.2. The first kappa shape index (κ1) is 28.7. The molecule has 0 aliphatic heterocycles. The van der Waals surface area contributed by atoms with Gasteiger partial charge in [-0.15, -0.1) is 0 Å². The fourth-order valence-corrected chi connectivity index (χ4v) is 2.14. The molecule has 0 aromatic heterocycles. The molecule has 0 bridgehead atoms. The van der Waals surface area contributed by atoms with Gasteiger partial charge < -0.3 is 1.43 Å². The molecule has 0 aromatic carbocycles. The topological polar surface area (TPSA) is 161 Å². The van der Waals surface area contributed by atoms with Crippen molar-refractivity contribution >= 4 is 41.6 Å². The van der Waals surface area contributed by atoms with Gasteiger partial charge in [0.1, 0.15) is 0 Å². The maximum Gasteiger partial charge on any atom is 1.00 e. The Labute approximate surface area is 137 Å². The Morgan fingerprint density at radius 2 is 0.600 bits per heavy atom. The van der Waals surface area contributed by atoms with Crippen LogP contribution in [0.2, 0.25) is 0 Å². The molecule has 0 spiro atoms. The molecule has 0 aliphatic rings. The van der Waals surface area contributed by atoms with Crippen LogP contribution in [-0.4, -0.2) is 33.7 Å². The Bertz CT molecular complexity index is 561. The van der Waals surface area contributed by atoms with E-state index in [-0.39, 0.29) is 47.4 Å². The average molecular weight is 377 g/mol. The molecule has 0 heterocycles. The van der Waals surface area contributed by atoms with Crippen LogP contribution in [0.4, 0.5) is 15.5 Å². The van der Waals surface area contributed by atoms with E-state index in [4.69, 9.17) is 0 Å². The van der Waals surface area contributed by atoms with E-state index in [0.717, 1.165) is 0 Å². The summed E-state index contributed by atoms with van der Waals surface area (Å²) in [4.78, 5) is 0. The summed E-state index contributed by atoms with van der Waals surface area (Å²) in [6, 6.07) is 0. The minimum atomic E-state index is -5.49. The first-order valence-electron chi connectivity index (χ1n) is 2.77. The fraction of sp³-hybridized carbons (Fsp3) is 0. The van der Waals surface area contributed by atoms with Gasteiger partial charge in [-0.1, -0.05) is 23.8 Å². The number of nitrogens with one attached hydrogen (secondary N) is 2. The van der Waals surface area contributed by atoms with Gasteiger partial charge in [0.2, 0.25) is 0 Å². The molecular weight excluding hydrogens is 374 g/mol. The van der Waals surface area contributed by atoms with Crippen molar-refractivity contribution in [3.63, 3.8) is 0 Å². The second-order valence-electron chi connectivity index (χ2n) is 1.92. The van der Waals surface area contributed by atoms with Gasteiger partial charge in [0.15, 0.2) is 0 Å². The molecule has 0 amide bonds. The number of hydrogen-bond donors (Lipinski definition) is 2. The number of rotatable bonds is 4. The van der Waals surface area contributed by atoms with Crippen LogP contribution in [0, 0.1) is 0 Å². The standard InChI is InChI=1S/2F2HNO4S2.2Li.H/c2*1-8(4,5)3-9(2,6)7;;;/h2*3H;;;/q;;2*+1;-1. The van der Waals surface area contributed by atoms with E-state index >= 15 is 0 Å². The van der Waals surface area contributed by atoms with Crippen molar-refractivity contribution in [3.8, 4) is 0 Å². The summed E-state index contributed by atoms with van der Waals surface area (Å²) >= 11 is 0. The molecule has 0 atom stereocenters. The van der Waals surface area contributed by atoms with Crippen LogP contribution < -0.4 is 46.0 Å². The molecule has 0 unspecified atom stereocenters. The minimum Gasteiger partial charge on any atom is -1.00 e. The Hall–Kier alpha value is 0.635. The van der Waals surface area contributed by atoms with Crippen LogP contribution in [0.1, 0.15) is 1.43 Å². The zero-order valence-corrected chi connectivity index (χ0v) is 12.7. The van der Waals surface area contributed by atoms with Crippen molar-refractivity contribution in [2.45, 2.75) is 0 Å². The summed E-state index contributed by atoms with van der Waals surface area (Å²) in [7, 11) is -22.0. The predicted octanol–water partition coefficient (Wildman–Crippen LogP) is -7.87. The maximum absolute atomic E-state index is 11.1. The van der Waals surface area contributed by atoms with Crippen LogP contribution >= 0.6 is 0 Å². The molecule has 0 aromatic rings.